The molecule has 0 saturated heterocycles. The van der Waals surface area contributed by atoms with Crippen LogP contribution in [-0.4, -0.2) is 29.3 Å². The summed E-state index contributed by atoms with van der Waals surface area (Å²) in [6.45, 7) is 7.00. The number of benzene rings is 2. The first-order chi connectivity index (χ1) is 13.5. The SMILES string of the molecule is CCCNC(=O)[C@H](CC)N(Cc1ccccc1C)C(=O)Cc1ccc(Cl)cc1. The molecule has 0 aliphatic carbocycles. The van der Waals surface area contributed by atoms with Crippen LogP contribution in [0.25, 0.3) is 0 Å². The van der Waals surface area contributed by atoms with Gasteiger partial charge in [-0.15, -0.1) is 0 Å². The highest BCUT2D eigenvalue weighted by atomic mass is 35.5. The van der Waals surface area contributed by atoms with E-state index in [2.05, 4.69) is 5.32 Å². The van der Waals surface area contributed by atoms with Gasteiger partial charge in [-0.25, -0.2) is 0 Å². The van der Waals surface area contributed by atoms with Gasteiger partial charge in [-0.1, -0.05) is 61.8 Å². The number of nitrogens with zero attached hydrogens (tertiary/aromatic N) is 1. The average Bonchev–Trinajstić information content (AvgIpc) is 2.69. The van der Waals surface area contributed by atoms with Gasteiger partial charge in [-0.2, -0.15) is 0 Å². The Labute approximate surface area is 172 Å². The largest absolute Gasteiger partial charge is 0.354 e. The van der Waals surface area contributed by atoms with Crippen LogP contribution < -0.4 is 5.32 Å². The number of nitrogens with one attached hydrogen (secondary N) is 1. The maximum Gasteiger partial charge on any atom is 0.242 e. The fourth-order valence-corrected chi connectivity index (χ4v) is 3.26. The topological polar surface area (TPSA) is 49.4 Å². The molecule has 0 radical (unpaired) electrons. The Morgan fingerprint density at radius 3 is 2.36 bits per heavy atom. The van der Waals surface area contributed by atoms with Crippen LogP contribution in [0.1, 0.15) is 43.4 Å². The highest BCUT2D eigenvalue weighted by molar-refractivity contribution is 6.30. The molecule has 150 valence electrons. The second-order valence-corrected chi connectivity index (χ2v) is 7.40. The second-order valence-electron chi connectivity index (χ2n) is 6.97. The Morgan fingerprint density at radius 1 is 1.07 bits per heavy atom. The summed E-state index contributed by atoms with van der Waals surface area (Å²) in [6.07, 6.45) is 1.66. The summed E-state index contributed by atoms with van der Waals surface area (Å²) in [6, 6.07) is 14.7. The fraction of sp³-hybridized carbons (Fsp3) is 0.391. The van der Waals surface area contributed by atoms with Gasteiger partial charge in [0.25, 0.3) is 0 Å². The van der Waals surface area contributed by atoms with Crippen molar-refractivity contribution >= 4 is 23.4 Å². The first-order valence-corrected chi connectivity index (χ1v) is 10.2. The molecule has 0 aromatic heterocycles. The van der Waals surface area contributed by atoms with Gasteiger partial charge in [0.1, 0.15) is 6.04 Å². The van der Waals surface area contributed by atoms with Crippen LogP contribution in [0.2, 0.25) is 5.02 Å². The predicted octanol–water partition coefficient (Wildman–Crippen LogP) is 4.52. The lowest BCUT2D eigenvalue weighted by Gasteiger charge is -2.31. The number of carbonyl (C=O) groups excluding carboxylic acids is 2. The van der Waals surface area contributed by atoms with Crippen LogP contribution in [0, 0.1) is 6.92 Å². The maximum absolute atomic E-state index is 13.2. The smallest absolute Gasteiger partial charge is 0.242 e. The highest BCUT2D eigenvalue weighted by Crippen LogP contribution is 2.18. The van der Waals surface area contributed by atoms with Crippen LogP contribution in [-0.2, 0) is 22.6 Å². The molecule has 1 atom stereocenters. The summed E-state index contributed by atoms with van der Waals surface area (Å²) in [4.78, 5) is 27.6. The summed E-state index contributed by atoms with van der Waals surface area (Å²) in [5.74, 6) is -0.161. The minimum Gasteiger partial charge on any atom is -0.354 e. The zero-order valence-electron chi connectivity index (χ0n) is 16.9. The minimum absolute atomic E-state index is 0.0657. The number of carbonyl (C=O) groups is 2. The van der Waals surface area contributed by atoms with E-state index in [1.165, 1.54) is 0 Å². The van der Waals surface area contributed by atoms with Gasteiger partial charge in [0, 0.05) is 18.1 Å². The van der Waals surface area contributed by atoms with Crippen LogP contribution in [0.3, 0.4) is 0 Å². The number of hydrogen-bond donors (Lipinski definition) is 1. The summed E-state index contributed by atoms with van der Waals surface area (Å²) in [7, 11) is 0. The summed E-state index contributed by atoms with van der Waals surface area (Å²) >= 11 is 5.95. The van der Waals surface area contributed by atoms with E-state index in [-0.39, 0.29) is 18.2 Å². The summed E-state index contributed by atoms with van der Waals surface area (Å²) in [5, 5.41) is 3.58. The van der Waals surface area contributed by atoms with Crippen molar-refractivity contribution in [3.05, 3.63) is 70.2 Å². The van der Waals surface area contributed by atoms with Crippen LogP contribution in [0.15, 0.2) is 48.5 Å². The first-order valence-electron chi connectivity index (χ1n) is 9.82. The van der Waals surface area contributed by atoms with Gasteiger partial charge in [0.15, 0.2) is 0 Å². The van der Waals surface area contributed by atoms with E-state index in [4.69, 9.17) is 11.6 Å². The molecule has 1 N–H and O–H groups in total. The molecule has 0 aliphatic rings. The van der Waals surface area contributed by atoms with Gasteiger partial charge in [-0.3, -0.25) is 9.59 Å². The molecule has 4 nitrogen and oxygen atoms in total. The van der Waals surface area contributed by atoms with E-state index >= 15 is 0 Å². The molecule has 5 heteroatoms. The summed E-state index contributed by atoms with van der Waals surface area (Å²) < 4.78 is 0. The number of rotatable bonds is 9. The molecule has 2 aromatic carbocycles. The molecule has 0 fully saturated rings. The van der Waals surface area contributed by atoms with Crippen LogP contribution >= 0.6 is 11.6 Å². The lowest BCUT2D eigenvalue weighted by atomic mass is 10.0. The number of hydrogen-bond acceptors (Lipinski definition) is 2. The maximum atomic E-state index is 13.2. The number of amides is 2. The van der Waals surface area contributed by atoms with E-state index in [0.717, 1.165) is 23.1 Å². The molecule has 0 saturated carbocycles. The average molecular weight is 401 g/mol. The second kappa shape index (κ2) is 10.9. The number of aryl methyl sites for hydroxylation is 1. The van der Waals surface area contributed by atoms with E-state index in [1.807, 2.05) is 57.2 Å². The lowest BCUT2D eigenvalue weighted by molar-refractivity contribution is -0.140. The van der Waals surface area contributed by atoms with Crippen LogP contribution in [0.5, 0.6) is 0 Å². The Bertz CT molecular complexity index is 789. The molecule has 0 unspecified atom stereocenters. The van der Waals surface area contributed by atoms with E-state index in [1.54, 1.807) is 17.0 Å². The van der Waals surface area contributed by atoms with Gasteiger partial charge in [-0.05, 0) is 48.6 Å². The Morgan fingerprint density at radius 2 is 1.75 bits per heavy atom. The molecule has 2 rings (SSSR count). The normalized spacial score (nSPS) is 11.7. The van der Waals surface area contributed by atoms with E-state index in [0.29, 0.717) is 24.5 Å². The fourth-order valence-electron chi connectivity index (χ4n) is 3.13. The van der Waals surface area contributed by atoms with Crippen molar-refractivity contribution < 1.29 is 9.59 Å². The van der Waals surface area contributed by atoms with Crippen molar-refractivity contribution in [2.75, 3.05) is 6.54 Å². The molecule has 0 heterocycles. The van der Waals surface area contributed by atoms with Crippen molar-refractivity contribution in [3.8, 4) is 0 Å². The van der Waals surface area contributed by atoms with E-state index < -0.39 is 6.04 Å². The van der Waals surface area contributed by atoms with Crippen molar-refractivity contribution in [2.45, 2.75) is 52.6 Å². The summed E-state index contributed by atoms with van der Waals surface area (Å²) in [5.41, 5.74) is 3.04. The third-order valence-electron chi connectivity index (χ3n) is 4.81. The third-order valence-corrected chi connectivity index (χ3v) is 5.06. The molecule has 0 aliphatic heterocycles. The standard InChI is InChI=1S/C23H29ClN2O2/c1-4-14-25-23(28)21(5-2)26(16-19-9-7-6-8-17(19)3)22(27)15-18-10-12-20(24)13-11-18/h6-13,21H,4-5,14-16H2,1-3H3,(H,25,28)/t21-/m0/s1. The Hall–Kier alpha value is -2.33. The minimum atomic E-state index is -0.494. The molecular weight excluding hydrogens is 372 g/mol. The molecule has 0 spiro atoms. The lowest BCUT2D eigenvalue weighted by Crippen LogP contribution is -2.49. The van der Waals surface area contributed by atoms with E-state index in [9.17, 15) is 9.59 Å². The van der Waals surface area contributed by atoms with Crippen LogP contribution in [0.4, 0.5) is 0 Å². The molecule has 28 heavy (non-hydrogen) atoms. The van der Waals surface area contributed by atoms with Gasteiger partial charge in [0.2, 0.25) is 11.8 Å². The first kappa shape index (κ1) is 22.0. The zero-order valence-corrected chi connectivity index (χ0v) is 17.6. The Kier molecular flexibility index (Phi) is 8.52. The monoisotopic (exact) mass is 400 g/mol. The molecule has 2 aromatic rings. The third kappa shape index (κ3) is 6.10. The highest BCUT2D eigenvalue weighted by Gasteiger charge is 2.28. The van der Waals surface area contributed by atoms with Crippen molar-refractivity contribution in [1.82, 2.24) is 10.2 Å². The van der Waals surface area contributed by atoms with Gasteiger partial charge in [0.05, 0.1) is 6.42 Å². The molecule has 0 bridgehead atoms. The van der Waals surface area contributed by atoms with Crippen molar-refractivity contribution in [3.63, 3.8) is 0 Å². The number of halogens is 1. The molecule has 2 amide bonds. The van der Waals surface area contributed by atoms with Gasteiger partial charge < -0.3 is 10.2 Å². The van der Waals surface area contributed by atoms with Crippen molar-refractivity contribution in [1.29, 1.82) is 0 Å². The van der Waals surface area contributed by atoms with Gasteiger partial charge >= 0.3 is 0 Å². The zero-order chi connectivity index (χ0) is 20.5. The predicted molar refractivity (Wildman–Crippen MR) is 114 cm³/mol. The molecular formula is C23H29ClN2O2. The van der Waals surface area contributed by atoms with Crippen molar-refractivity contribution in [2.24, 2.45) is 0 Å². The Balaban J connectivity index is 2.27. The quantitative estimate of drug-likeness (QED) is 0.672.